The van der Waals surface area contributed by atoms with Crippen LogP contribution in [0.5, 0.6) is 0 Å². The van der Waals surface area contributed by atoms with Gasteiger partial charge in [0.25, 0.3) is 5.71 Å². The van der Waals surface area contributed by atoms with Gasteiger partial charge in [-0.2, -0.15) is 4.98 Å². The Hall–Kier alpha value is -2.14. The summed E-state index contributed by atoms with van der Waals surface area (Å²) in [4.78, 5) is 8.44. The van der Waals surface area contributed by atoms with Crippen LogP contribution in [0.15, 0.2) is 29.0 Å². The van der Waals surface area contributed by atoms with Crippen molar-refractivity contribution in [2.24, 2.45) is 0 Å². The molecule has 0 saturated carbocycles. The molecule has 1 aliphatic rings. The van der Waals surface area contributed by atoms with Gasteiger partial charge >= 0.3 is 0 Å². The van der Waals surface area contributed by atoms with Crippen molar-refractivity contribution in [1.29, 1.82) is 0 Å². The van der Waals surface area contributed by atoms with Crippen LogP contribution in [0.3, 0.4) is 0 Å². The second-order valence-corrected chi connectivity index (χ2v) is 5.62. The van der Waals surface area contributed by atoms with Gasteiger partial charge in [-0.25, -0.2) is 4.98 Å². The predicted molar refractivity (Wildman–Crippen MR) is 80.5 cm³/mol. The van der Waals surface area contributed by atoms with E-state index >= 15 is 0 Å². The molecule has 0 aliphatic heterocycles. The maximum atomic E-state index is 6.26. The third kappa shape index (κ3) is 1.96. The number of halogens is 1. The lowest BCUT2D eigenvalue weighted by Crippen LogP contribution is -2.09. The summed E-state index contributed by atoms with van der Waals surface area (Å²) in [5.41, 5.74) is 3.76. The molecule has 1 N–H and O–H groups in total. The Morgan fingerprint density at radius 3 is 3.14 bits per heavy atom. The van der Waals surface area contributed by atoms with E-state index in [2.05, 4.69) is 26.5 Å². The molecule has 3 aromatic rings. The van der Waals surface area contributed by atoms with Gasteiger partial charge in [-0.3, -0.25) is 0 Å². The van der Waals surface area contributed by atoms with Crippen molar-refractivity contribution in [3.63, 3.8) is 0 Å². The van der Waals surface area contributed by atoms with E-state index < -0.39 is 0 Å². The van der Waals surface area contributed by atoms with Crippen LogP contribution in [0.1, 0.15) is 29.3 Å². The highest BCUT2D eigenvalue weighted by atomic mass is 35.5. The Morgan fingerprint density at radius 1 is 1.33 bits per heavy atom. The first-order valence-corrected chi connectivity index (χ1v) is 7.22. The summed E-state index contributed by atoms with van der Waals surface area (Å²) < 4.78 is 5.18. The van der Waals surface area contributed by atoms with Crippen LogP contribution in [0, 0.1) is 6.92 Å². The van der Waals surface area contributed by atoms with Crippen molar-refractivity contribution in [3.05, 3.63) is 46.4 Å². The molecule has 1 aliphatic carbocycles. The fourth-order valence-corrected chi connectivity index (χ4v) is 3.23. The van der Waals surface area contributed by atoms with Crippen LogP contribution in [-0.4, -0.2) is 15.1 Å². The largest absolute Gasteiger partial charge is 0.362 e. The van der Waals surface area contributed by atoms with Gasteiger partial charge in [0.05, 0.1) is 11.7 Å². The van der Waals surface area contributed by atoms with E-state index in [1.165, 1.54) is 17.5 Å². The van der Waals surface area contributed by atoms with Gasteiger partial charge in [-0.15, -0.1) is 0 Å². The molecule has 6 heteroatoms. The predicted octanol–water partition coefficient (Wildman–Crippen LogP) is 3.68. The molecule has 4 rings (SSSR count). The highest BCUT2D eigenvalue weighted by Gasteiger charge is 2.25. The van der Waals surface area contributed by atoms with E-state index in [9.17, 15) is 0 Å². The van der Waals surface area contributed by atoms with Crippen LogP contribution in [0.25, 0.3) is 11.1 Å². The number of aromatic nitrogens is 3. The summed E-state index contributed by atoms with van der Waals surface area (Å²) >= 11 is 6.26. The van der Waals surface area contributed by atoms with Crippen molar-refractivity contribution in [2.75, 3.05) is 5.32 Å². The molecule has 0 bridgehead atoms. The van der Waals surface area contributed by atoms with Gasteiger partial charge in [0.1, 0.15) is 17.5 Å². The SMILES string of the molecule is Cc1noc2ncnc(N[C@H]3CCc4c(Cl)cccc43)c12. The molecule has 0 fully saturated rings. The van der Waals surface area contributed by atoms with Crippen molar-refractivity contribution in [3.8, 4) is 0 Å². The molecule has 0 unspecified atom stereocenters. The first-order valence-electron chi connectivity index (χ1n) is 6.85. The van der Waals surface area contributed by atoms with Gasteiger partial charge in [0.15, 0.2) is 0 Å². The molecular weight excluding hydrogens is 288 g/mol. The molecule has 0 radical (unpaired) electrons. The Balaban J connectivity index is 1.74. The van der Waals surface area contributed by atoms with E-state index in [4.69, 9.17) is 16.1 Å². The average Bonchev–Trinajstić information content (AvgIpc) is 3.06. The summed E-state index contributed by atoms with van der Waals surface area (Å²) in [6.07, 6.45) is 3.46. The summed E-state index contributed by atoms with van der Waals surface area (Å²) in [6.45, 7) is 1.89. The van der Waals surface area contributed by atoms with Crippen molar-refractivity contribution >= 4 is 28.5 Å². The number of benzene rings is 1. The first-order chi connectivity index (χ1) is 10.2. The Morgan fingerprint density at radius 2 is 2.24 bits per heavy atom. The van der Waals surface area contributed by atoms with Crippen LogP contribution < -0.4 is 5.32 Å². The highest BCUT2D eigenvalue weighted by Crippen LogP contribution is 2.38. The molecule has 106 valence electrons. The van der Waals surface area contributed by atoms with E-state index in [0.29, 0.717) is 5.71 Å². The number of nitrogens with zero attached hydrogens (tertiary/aromatic N) is 3. The van der Waals surface area contributed by atoms with Crippen LogP contribution >= 0.6 is 11.6 Å². The number of rotatable bonds is 2. The quantitative estimate of drug-likeness (QED) is 0.782. The number of anilines is 1. The second kappa shape index (κ2) is 4.70. The molecule has 2 heterocycles. The number of hydrogen-bond donors (Lipinski definition) is 1. The minimum Gasteiger partial charge on any atom is -0.362 e. The minimum absolute atomic E-state index is 0.200. The molecule has 1 aromatic carbocycles. The van der Waals surface area contributed by atoms with Crippen molar-refractivity contribution < 1.29 is 4.52 Å². The average molecular weight is 301 g/mol. The lowest BCUT2D eigenvalue weighted by molar-refractivity contribution is 0.442. The first kappa shape index (κ1) is 12.6. The summed E-state index contributed by atoms with van der Waals surface area (Å²) in [5.74, 6) is 0.761. The molecule has 21 heavy (non-hydrogen) atoms. The van der Waals surface area contributed by atoms with Gasteiger partial charge < -0.3 is 9.84 Å². The summed E-state index contributed by atoms with van der Waals surface area (Å²) in [5, 5.41) is 9.11. The molecule has 0 spiro atoms. The maximum Gasteiger partial charge on any atom is 0.263 e. The molecule has 1 atom stereocenters. The summed E-state index contributed by atoms with van der Waals surface area (Å²) in [7, 11) is 0. The van der Waals surface area contributed by atoms with E-state index in [-0.39, 0.29) is 6.04 Å². The molecule has 0 saturated heterocycles. The van der Waals surface area contributed by atoms with Gasteiger partial charge in [0, 0.05) is 5.02 Å². The third-order valence-corrected chi connectivity index (χ3v) is 4.32. The van der Waals surface area contributed by atoms with Crippen LogP contribution in [0.4, 0.5) is 5.82 Å². The normalized spacial score (nSPS) is 17.1. The zero-order valence-electron chi connectivity index (χ0n) is 11.4. The third-order valence-electron chi connectivity index (χ3n) is 3.97. The Bertz CT molecular complexity index is 830. The Kier molecular flexibility index (Phi) is 2.82. The smallest absolute Gasteiger partial charge is 0.263 e. The molecule has 2 aromatic heterocycles. The minimum atomic E-state index is 0.200. The summed E-state index contributed by atoms with van der Waals surface area (Å²) in [6, 6.07) is 6.24. The molecular formula is C15H13ClN4O. The monoisotopic (exact) mass is 300 g/mol. The van der Waals surface area contributed by atoms with Gasteiger partial charge in [0.2, 0.25) is 0 Å². The maximum absolute atomic E-state index is 6.26. The van der Waals surface area contributed by atoms with Gasteiger partial charge in [-0.05, 0) is 37.0 Å². The number of hydrogen-bond acceptors (Lipinski definition) is 5. The topological polar surface area (TPSA) is 63.8 Å². The lowest BCUT2D eigenvalue weighted by atomic mass is 10.1. The Labute approximate surface area is 126 Å². The van der Waals surface area contributed by atoms with Crippen molar-refractivity contribution in [1.82, 2.24) is 15.1 Å². The number of aryl methyl sites for hydroxylation is 1. The highest BCUT2D eigenvalue weighted by molar-refractivity contribution is 6.31. The van der Waals surface area contributed by atoms with E-state index in [1.54, 1.807) is 0 Å². The van der Waals surface area contributed by atoms with Crippen LogP contribution in [0.2, 0.25) is 5.02 Å². The van der Waals surface area contributed by atoms with Crippen LogP contribution in [-0.2, 0) is 6.42 Å². The fourth-order valence-electron chi connectivity index (χ4n) is 2.96. The molecule has 5 nitrogen and oxygen atoms in total. The molecule has 0 amide bonds. The lowest BCUT2D eigenvalue weighted by Gasteiger charge is -2.15. The van der Waals surface area contributed by atoms with Gasteiger partial charge in [-0.1, -0.05) is 28.9 Å². The fraction of sp³-hybridized carbons (Fsp3) is 0.267. The second-order valence-electron chi connectivity index (χ2n) is 5.21. The van der Waals surface area contributed by atoms with E-state index in [0.717, 1.165) is 34.8 Å². The van der Waals surface area contributed by atoms with Crippen molar-refractivity contribution in [2.45, 2.75) is 25.8 Å². The zero-order valence-corrected chi connectivity index (χ0v) is 12.2. The standard InChI is InChI=1S/C15H13ClN4O/c1-8-13-14(17-7-18-15(13)21-20-8)19-12-6-5-9-10(12)3-2-4-11(9)16/h2-4,7,12H,5-6H2,1H3,(H,17,18,19)/t12-/m0/s1. The zero-order chi connectivity index (χ0) is 14.4. The van der Waals surface area contributed by atoms with E-state index in [1.807, 2.05) is 19.1 Å². The number of fused-ring (bicyclic) bond motifs is 2. The number of nitrogens with one attached hydrogen (secondary N) is 1.